The van der Waals surface area contributed by atoms with Crippen LogP contribution in [0.15, 0.2) is 12.1 Å². The highest BCUT2D eigenvalue weighted by molar-refractivity contribution is 5.43. The van der Waals surface area contributed by atoms with Crippen LogP contribution in [0.25, 0.3) is 0 Å². The minimum atomic E-state index is -0.913. The highest BCUT2D eigenvalue weighted by Gasteiger charge is 2.25. The standard InChI is InChI=1S/C13H18F2N2/c14-12-10(5-6-11(17)13(12)15)9-3-1-8(7-16)2-4-9/h5-6,8-9H,1-4,7,16-17H2. The highest BCUT2D eigenvalue weighted by Crippen LogP contribution is 2.37. The van der Waals surface area contributed by atoms with E-state index in [0.29, 0.717) is 18.0 Å². The van der Waals surface area contributed by atoms with Crippen LogP contribution < -0.4 is 11.5 Å². The first-order valence-electron chi connectivity index (χ1n) is 6.07. The summed E-state index contributed by atoms with van der Waals surface area (Å²) < 4.78 is 27.1. The number of anilines is 1. The Labute approximate surface area is 100.0 Å². The van der Waals surface area contributed by atoms with E-state index in [-0.39, 0.29) is 11.6 Å². The maximum atomic E-state index is 13.7. The van der Waals surface area contributed by atoms with E-state index in [4.69, 9.17) is 11.5 Å². The van der Waals surface area contributed by atoms with Crippen molar-refractivity contribution in [2.75, 3.05) is 12.3 Å². The Morgan fingerprint density at radius 1 is 1.06 bits per heavy atom. The molecule has 0 radical (unpaired) electrons. The van der Waals surface area contributed by atoms with Gasteiger partial charge in [-0.1, -0.05) is 6.07 Å². The lowest BCUT2D eigenvalue weighted by molar-refractivity contribution is 0.325. The number of rotatable bonds is 2. The van der Waals surface area contributed by atoms with Crippen molar-refractivity contribution in [2.45, 2.75) is 31.6 Å². The quantitative estimate of drug-likeness (QED) is 0.781. The predicted octanol–water partition coefficient (Wildman–Crippen LogP) is 2.78. The third kappa shape index (κ3) is 2.41. The summed E-state index contributed by atoms with van der Waals surface area (Å²) in [6.45, 7) is 0.686. The summed E-state index contributed by atoms with van der Waals surface area (Å²) in [5.41, 5.74) is 11.3. The highest BCUT2D eigenvalue weighted by atomic mass is 19.2. The number of nitrogen functional groups attached to an aromatic ring is 1. The minimum Gasteiger partial charge on any atom is -0.396 e. The third-order valence-electron chi connectivity index (χ3n) is 3.76. The maximum absolute atomic E-state index is 13.7. The number of benzene rings is 1. The first kappa shape index (κ1) is 12.3. The van der Waals surface area contributed by atoms with E-state index >= 15 is 0 Å². The van der Waals surface area contributed by atoms with Crippen molar-refractivity contribution in [1.29, 1.82) is 0 Å². The van der Waals surface area contributed by atoms with Gasteiger partial charge in [-0.2, -0.15) is 0 Å². The van der Waals surface area contributed by atoms with Crippen LogP contribution >= 0.6 is 0 Å². The van der Waals surface area contributed by atoms with Gasteiger partial charge in [-0.05, 0) is 55.7 Å². The van der Waals surface area contributed by atoms with Crippen molar-refractivity contribution in [3.63, 3.8) is 0 Å². The van der Waals surface area contributed by atoms with Crippen LogP contribution in [0.2, 0.25) is 0 Å². The molecule has 0 bridgehead atoms. The van der Waals surface area contributed by atoms with E-state index in [0.717, 1.165) is 25.7 Å². The van der Waals surface area contributed by atoms with Crippen LogP contribution in [0.1, 0.15) is 37.2 Å². The maximum Gasteiger partial charge on any atom is 0.181 e. The Bertz CT molecular complexity index is 399. The molecule has 0 atom stereocenters. The molecule has 0 aliphatic heterocycles. The number of hydrogen-bond donors (Lipinski definition) is 2. The molecule has 0 heterocycles. The molecule has 0 spiro atoms. The Kier molecular flexibility index (Phi) is 3.62. The third-order valence-corrected chi connectivity index (χ3v) is 3.76. The lowest BCUT2D eigenvalue weighted by Gasteiger charge is -2.28. The van der Waals surface area contributed by atoms with Gasteiger partial charge >= 0.3 is 0 Å². The molecular formula is C13H18F2N2. The van der Waals surface area contributed by atoms with Crippen LogP contribution in [-0.2, 0) is 0 Å². The molecule has 1 aliphatic carbocycles. The van der Waals surface area contributed by atoms with Gasteiger partial charge in [-0.3, -0.25) is 0 Å². The average molecular weight is 240 g/mol. The second-order valence-electron chi connectivity index (χ2n) is 4.83. The van der Waals surface area contributed by atoms with E-state index in [2.05, 4.69) is 0 Å². The summed E-state index contributed by atoms with van der Waals surface area (Å²) in [6.07, 6.45) is 3.74. The molecule has 0 unspecified atom stereocenters. The van der Waals surface area contributed by atoms with E-state index in [1.54, 1.807) is 6.07 Å². The second-order valence-corrected chi connectivity index (χ2v) is 4.83. The van der Waals surface area contributed by atoms with E-state index in [9.17, 15) is 8.78 Å². The summed E-state index contributed by atoms with van der Waals surface area (Å²) in [4.78, 5) is 0. The summed E-state index contributed by atoms with van der Waals surface area (Å²) >= 11 is 0. The molecule has 2 nitrogen and oxygen atoms in total. The largest absolute Gasteiger partial charge is 0.396 e. The minimum absolute atomic E-state index is 0.105. The van der Waals surface area contributed by atoms with Crippen LogP contribution in [0.5, 0.6) is 0 Å². The fourth-order valence-corrected chi connectivity index (χ4v) is 2.60. The van der Waals surface area contributed by atoms with Gasteiger partial charge in [0.1, 0.15) is 0 Å². The Morgan fingerprint density at radius 3 is 2.29 bits per heavy atom. The molecular weight excluding hydrogens is 222 g/mol. The van der Waals surface area contributed by atoms with Gasteiger partial charge in [0, 0.05) is 0 Å². The van der Waals surface area contributed by atoms with Crippen molar-refractivity contribution in [3.8, 4) is 0 Å². The summed E-state index contributed by atoms with van der Waals surface area (Å²) in [5.74, 6) is -1.05. The molecule has 0 saturated heterocycles. The van der Waals surface area contributed by atoms with Crippen molar-refractivity contribution in [2.24, 2.45) is 11.7 Å². The van der Waals surface area contributed by atoms with Crippen LogP contribution in [0.3, 0.4) is 0 Å². The zero-order valence-electron chi connectivity index (χ0n) is 9.76. The molecule has 0 amide bonds. The topological polar surface area (TPSA) is 52.0 Å². The van der Waals surface area contributed by atoms with Gasteiger partial charge in [-0.25, -0.2) is 8.78 Å². The van der Waals surface area contributed by atoms with E-state index in [1.165, 1.54) is 6.07 Å². The van der Waals surface area contributed by atoms with Gasteiger partial charge in [0.25, 0.3) is 0 Å². The zero-order chi connectivity index (χ0) is 12.4. The molecule has 1 saturated carbocycles. The van der Waals surface area contributed by atoms with Gasteiger partial charge in [0.2, 0.25) is 0 Å². The average Bonchev–Trinajstić information content (AvgIpc) is 2.36. The van der Waals surface area contributed by atoms with E-state index < -0.39 is 11.6 Å². The van der Waals surface area contributed by atoms with Gasteiger partial charge in [-0.15, -0.1) is 0 Å². The summed E-state index contributed by atoms with van der Waals surface area (Å²) in [7, 11) is 0. The molecule has 1 aliphatic rings. The second kappa shape index (κ2) is 5.00. The molecule has 1 aromatic rings. The van der Waals surface area contributed by atoms with Crippen LogP contribution in [0, 0.1) is 17.6 Å². The molecule has 4 heteroatoms. The fourth-order valence-electron chi connectivity index (χ4n) is 2.60. The SMILES string of the molecule is NCC1CCC(c2ccc(N)c(F)c2F)CC1. The van der Waals surface area contributed by atoms with Gasteiger partial charge in [0.05, 0.1) is 5.69 Å². The molecule has 94 valence electrons. The van der Waals surface area contributed by atoms with Crippen LogP contribution in [0.4, 0.5) is 14.5 Å². The van der Waals surface area contributed by atoms with Crippen LogP contribution in [-0.4, -0.2) is 6.54 Å². The predicted molar refractivity (Wildman–Crippen MR) is 64.5 cm³/mol. The van der Waals surface area contributed by atoms with Crippen molar-refractivity contribution >= 4 is 5.69 Å². The van der Waals surface area contributed by atoms with E-state index in [1.807, 2.05) is 0 Å². The molecule has 1 fully saturated rings. The van der Waals surface area contributed by atoms with Gasteiger partial charge in [0.15, 0.2) is 11.6 Å². The zero-order valence-corrected chi connectivity index (χ0v) is 9.76. The smallest absolute Gasteiger partial charge is 0.181 e. The normalized spacial score (nSPS) is 24.9. The Morgan fingerprint density at radius 2 is 1.71 bits per heavy atom. The Balaban J connectivity index is 2.16. The molecule has 0 aromatic heterocycles. The molecule has 1 aromatic carbocycles. The first-order chi connectivity index (χ1) is 8.13. The molecule has 17 heavy (non-hydrogen) atoms. The van der Waals surface area contributed by atoms with Gasteiger partial charge < -0.3 is 11.5 Å². The summed E-state index contributed by atoms with van der Waals surface area (Å²) in [5, 5.41) is 0. The number of halogens is 2. The van der Waals surface area contributed by atoms with Crippen molar-refractivity contribution in [3.05, 3.63) is 29.3 Å². The van der Waals surface area contributed by atoms with Crippen molar-refractivity contribution in [1.82, 2.24) is 0 Å². The fraction of sp³-hybridized carbons (Fsp3) is 0.538. The Hall–Kier alpha value is -1.16. The first-order valence-corrected chi connectivity index (χ1v) is 6.07. The number of nitrogens with two attached hydrogens (primary N) is 2. The lowest BCUT2D eigenvalue weighted by atomic mass is 9.78. The number of hydrogen-bond acceptors (Lipinski definition) is 2. The van der Waals surface area contributed by atoms with Crippen molar-refractivity contribution < 1.29 is 8.78 Å². The molecule has 4 N–H and O–H groups in total. The molecule has 2 rings (SSSR count). The lowest BCUT2D eigenvalue weighted by Crippen LogP contribution is -2.21. The monoisotopic (exact) mass is 240 g/mol. The summed E-state index contributed by atoms with van der Waals surface area (Å²) in [6, 6.07) is 3.06.